The van der Waals surface area contributed by atoms with Crippen LogP contribution in [-0.4, -0.2) is 37.2 Å². The zero-order valence-corrected chi connectivity index (χ0v) is 45.9. The minimum atomic E-state index is -0.810. The van der Waals surface area contributed by atoms with Gasteiger partial charge in [-0.2, -0.15) is 0 Å². The highest BCUT2D eigenvalue weighted by Crippen LogP contribution is 2.14. The standard InChI is InChI=1S/C65H106O6/c1-4-7-10-13-16-19-22-25-28-30-31-32-33-35-37-40-43-46-49-52-55-58-64(67)70-61-62(60-69-63(66)57-54-51-48-45-42-39-36-27-24-21-18-15-12-9-6-3)71-65(68)59-56-53-50-47-44-41-38-34-29-26-23-20-17-14-11-8-5-2/h7,9-10,12,16,18-19,21,25-29,31-32,35-37,43,46,62H,4-6,8,11,13-15,17,20,22-24,30,33-34,38-42,44-45,47-61H2,1-3H3/b10-7-,12-9-,19-16-,21-18-,28-25-,29-26-,32-31-,36-27-,37-35-,46-43-. The second-order valence-corrected chi connectivity index (χ2v) is 18.8. The van der Waals surface area contributed by atoms with Crippen molar-refractivity contribution in [2.24, 2.45) is 0 Å². The van der Waals surface area contributed by atoms with Gasteiger partial charge in [-0.15, -0.1) is 0 Å². The van der Waals surface area contributed by atoms with Gasteiger partial charge in [-0.05, 0) is 128 Å². The molecule has 402 valence electrons. The number of rotatable bonds is 51. The summed E-state index contributed by atoms with van der Waals surface area (Å²) in [5.74, 6) is -0.971. The molecule has 0 spiro atoms. The number of esters is 3. The average Bonchev–Trinajstić information content (AvgIpc) is 3.37. The van der Waals surface area contributed by atoms with E-state index >= 15 is 0 Å². The molecule has 0 N–H and O–H groups in total. The maximum atomic E-state index is 12.9. The molecule has 6 heteroatoms. The minimum absolute atomic E-state index is 0.105. The van der Waals surface area contributed by atoms with Gasteiger partial charge < -0.3 is 14.2 Å². The van der Waals surface area contributed by atoms with Crippen LogP contribution in [0, 0.1) is 0 Å². The second kappa shape index (κ2) is 58.4. The highest BCUT2D eigenvalue weighted by atomic mass is 16.6. The first-order valence-electron chi connectivity index (χ1n) is 29.0. The van der Waals surface area contributed by atoms with Crippen LogP contribution >= 0.6 is 0 Å². The van der Waals surface area contributed by atoms with Gasteiger partial charge in [0.05, 0.1) is 0 Å². The van der Waals surface area contributed by atoms with Crippen molar-refractivity contribution in [3.63, 3.8) is 0 Å². The van der Waals surface area contributed by atoms with Crippen molar-refractivity contribution in [2.45, 2.75) is 258 Å². The number of ether oxygens (including phenoxy) is 3. The number of allylic oxidation sites excluding steroid dienone is 20. The molecule has 0 aromatic heterocycles. The molecule has 0 fully saturated rings. The molecule has 0 bridgehead atoms. The first kappa shape index (κ1) is 66.8. The van der Waals surface area contributed by atoms with Crippen LogP contribution in [0.4, 0.5) is 0 Å². The van der Waals surface area contributed by atoms with E-state index in [4.69, 9.17) is 14.2 Å². The Balaban J connectivity index is 4.50. The van der Waals surface area contributed by atoms with Gasteiger partial charge in [0.2, 0.25) is 0 Å². The summed E-state index contributed by atoms with van der Waals surface area (Å²) in [6.07, 6.45) is 80.4. The Morgan fingerprint density at radius 2 is 0.549 bits per heavy atom. The monoisotopic (exact) mass is 983 g/mol. The quantitative estimate of drug-likeness (QED) is 0.0261. The SMILES string of the molecule is CC/C=C\C/C=C\C/C=C\C/C=C\C/C=C\C/C=C\CCCCC(=O)OCC(COC(=O)CCCCCCC/C=C\C/C=C\C/C=C\CC)OC(=O)CCCCCCCCC/C=C\CCCCCCCC. The average molecular weight is 984 g/mol. The van der Waals surface area contributed by atoms with Crippen LogP contribution in [0.5, 0.6) is 0 Å². The van der Waals surface area contributed by atoms with Crippen LogP contribution in [0.2, 0.25) is 0 Å². The third kappa shape index (κ3) is 56.6. The van der Waals surface area contributed by atoms with Crippen LogP contribution in [0.25, 0.3) is 0 Å². The summed E-state index contributed by atoms with van der Waals surface area (Å²) in [5.41, 5.74) is 0. The van der Waals surface area contributed by atoms with E-state index in [1.54, 1.807) is 0 Å². The lowest BCUT2D eigenvalue weighted by Crippen LogP contribution is -2.30. The van der Waals surface area contributed by atoms with Crippen LogP contribution in [0.3, 0.4) is 0 Å². The van der Waals surface area contributed by atoms with Gasteiger partial charge in [0, 0.05) is 19.3 Å². The molecule has 0 aromatic rings. The van der Waals surface area contributed by atoms with Crippen LogP contribution < -0.4 is 0 Å². The fourth-order valence-electron chi connectivity index (χ4n) is 7.63. The zero-order valence-electron chi connectivity index (χ0n) is 45.9. The summed E-state index contributed by atoms with van der Waals surface area (Å²) >= 11 is 0. The predicted octanol–water partition coefficient (Wildman–Crippen LogP) is 19.6. The van der Waals surface area contributed by atoms with Crippen LogP contribution in [-0.2, 0) is 28.6 Å². The maximum Gasteiger partial charge on any atom is 0.306 e. The van der Waals surface area contributed by atoms with Gasteiger partial charge in [-0.1, -0.05) is 226 Å². The molecule has 0 rings (SSSR count). The molecule has 1 atom stereocenters. The fraction of sp³-hybridized carbons (Fsp3) is 0.646. The van der Waals surface area contributed by atoms with E-state index < -0.39 is 6.10 Å². The van der Waals surface area contributed by atoms with Gasteiger partial charge in [0.25, 0.3) is 0 Å². The molecule has 1 unspecified atom stereocenters. The minimum Gasteiger partial charge on any atom is -0.462 e. The summed E-state index contributed by atoms with van der Waals surface area (Å²) in [6, 6.07) is 0. The molecule has 0 saturated heterocycles. The lowest BCUT2D eigenvalue weighted by Gasteiger charge is -2.18. The summed E-state index contributed by atoms with van der Waals surface area (Å²) < 4.78 is 16.8. The largest absolute Gasteiger partial charge is 0.462 e. The third-order valence-corrected chi connectivity index (χ3v) is 11.9. The van der Waals surface area contributed by atoms with E-state index in [0.29, 0.717) is 25.7 Å². The topological polar surface area (TPSA) is 78.9 Å². The summed E-state index contributed by atoms with van der Waals surface area (Å²) in [4.78, 5) is 38.2. The molecule has 0 radical (unpaired) electrons. The Bertz CT molecular complexity index is 1500. The Morgan fingerprint density at radius 3 is 0.901 bits per heavy atom. The zero-order chi connectivity index (χ0) is 51.4. The molecule has 0 aliphatic heterocycles. The number of carbonyl (C=O) groups is 3. The van der Waals surface area contributed by atoms with E-state index in [1.807, 2.05) is 0 Å². The van der Waals surface area contributed by atoms with Crippen LogP contribution in [0.15, 0.2) is 122 Å². The lowest BCUT2D eigenvalue weighted by atomic mass is 10.1. The van der Waals surface area contributed by atoms with Crippen molar-refractivity contribution in [2.75, 3.05) is 13.2 Å². The van der Waals surface area contributed by atoms with Crippen molar-refractivity contribution in [1.82, 2.24) is 0 Å². The number of hydrogen-bond acceptors (Lipinski definition) is 6. The molecule has 0 aliphatic rings. The van der Waals surface area contributed by atoms with Crippen molar-refractivity contribution >= 4 is 17.9 Å². The molecular formula is C65H106O6. The molecule has 0 amide bonds. The van der Waals surface area contributed by atoms with Crippen molar-refractivity contribution < 1.29 is 28.6 Å². The normalized spacial score (nSPS) is 13.0. The molecule has 0 saturated carbocycles. The molecule has 0 aromatic carbocycles. The Kier molecular flexibility index (Phi) is 54.9. The van der Waals surface area contributed by atoms with E-state index in [9.17, 15) is 14.4 Å². The second-order valence-electron chi connectivity index (χ2n) is 18.8. The van der Waals surface area contributed by atoms with E-state index in [1.165, 1.54) is 77.0 Å². The number of carbonyl (C=O) groups excluding carboxylic acids is 3. The van der Waals surface area contributed by atoms with E-state index in [0.717, 1.165) is 128 Å². The molecular weight excluding hydrogens is 877 g/mol. The van der Waals surface area contributed by atoms with Gasteiger partial charge in [-0.25, -0.2) is 0 Å². The first-order chi connectivity index (χ1) is 35.0. The Hall–Kier alpha value is -4.19. The number of unbranched alkanes of at least 4 members (excludes halogenated alkanes) is 20. The van der Waals surface area contributed by atoms with E-state index in [-0.39, 0.29) is 31.1 Å². The van der Waals surface area contributed by atoms with Crippen molar-refractivity contribution in [3.8, 4) is 0 Å². The molecule has 71 heavy (non-hydrogen) atoms. The van der Waals surface area contributed by atoms with Gasteiger partial charge in [0.15, 0.2) is 6.10 Å². The number of hydrogen-bond donors (Lipinski definition) is 0. The molecule has 6 nitrogen and oxygen atoms in total. The molecule has 0 aliphatic carbocycles. The lowest BCUT2D eigenvalue weighted by molar-refractivity contribution is -0.167. The van der Waals surface area contributed by atoms with Crippen molar-refractivity contribution in [3.05, 3.63) is 122 Å². The highest BCUT2D eigenvalue weighted by Gasteiger charge is 2.19. The maximum absolute atomic E-state index is 12.9. The van der Waals surface area contributed by atoms with Crippen molar-refractivity contribution in [1.29, 1.82) is 0 Å². The first-order valence-corrected chi connectivity index (χ1v) is 29.0. The predicted molar refractivity (Wildman–Crippen MR) is 306 cm³/mol. The fourth-order valence-corrected chi connectivity index (χ4v) is 7.63. The Labute approximate surface area is 437 Å². The molecule has 0 heterocycles. The highest BCUT2D eigenvalue weighted by molar-refractivity contribution is 5.71. The summed E-state index contributed by atoms with van der Waals surface area (Å²) in [5, 5.41) is 0. The van der Waals surface area contributed by atoms with Crippen LogP contribution in [0.1, 0.15) is 252 Å². The third-order valence-electron chi connectivity index (χ3n) is 11.9. The summed E-state index contributed by atoms with van der Waals surface area (Å²) in [7, 11) is 0. The van der Waals surface area contributed by atoms with Gasteiger partial charge >= 0.3 is 17.9 Å². The van der Waals surface area contributed by atoms with Gasteiger partial charge in [0.1, 0.15) is 13.2 Å². The van der Waals surface area contributed by atoms with E-state index in [2.05, 4.69) is 142 Å². The summed E-state index contributed by atoms with van der Waals surface area (Å²) in [6.45, 7) is 6.35. The Morgan fingerprint density at radius 1 is 0.296 bits per heavy atom. The smallest absolute Gasteiger partial charge is 0.306 e. The van der Waals surface area contributed by atoms with Gasteiger partial charge in [-0.3, -0.25) is 14.4 Å².